The van der Waals surface area contributed by atoms with Crippen LogP contribution in [0, 0.1) is 17.7 Å². The molecule has 152 valence electrons. The molecule has 0 bridgehead atoms. The van der Waals surface area contributed by atoms with Gasteiger partial charge >= 0.3 is 0 Å². The highest BCUT2D eigenvalue weighted by Crippen LogP contribution is 2.33. The van der Waals surface area contributed by atoms with Gasteiger partial charge in [-0.05, 0) is 72.3 Å². The molecule has 3 rings (SSSR count). The smallest absolute Gasteiger partial charge is 0.126 e. The van der Waals surface area contributed by atoms with Gasteiger partial charge in [0.1, 0.15) is 5.82 Å². The molecule has 0 atom stereocenters. The van der Waals surface area contributed by atoms with E-state index in [1.807, 2.05) is 6.07 Å². The van der Waals surface area contributed by atoms with Gasteiger partial charge in [-0.2, -0.15) is 0 Å². The first kappa shape index (κ1) is 21.1. The van der Waals surface area contributed by atoms with Gasteiger partial charge in [-0.3, -0.25) is 0 Å². The van der Waals surface area contributed by atoms with Gasteiger partial charge < -0.3 is 0 Å². The van der Waals surface area contributed by atoms with Crippen molar-refractivity contribution in [2.24, 2.45) is 11.8 Å². The highest BCUT2D eigenvalue weighted by Gasteiger charge is 2.20. The minimum Gasteiger partial charge on any atom is -0.207 e. The predicted molar refractivity (Wildman–Crippen MR) is 118 cm³/mol. The van der Waals surface area contributed by atoms with Gasteiger partial charge in [0.25, 0.3) is 0 Å². The van der Waals surface area contributed by atoms with Crippen LogP contribution in [0.1, 0.15) is 81.0 Å². The zero-order valence-electron chi connectivity index (χ0n) is 17.9. The summed E-state index contributed by atoms with van der Waals surface area (Å²) in [7, 11) is 0. The second-order valence-corrected chi connectivity index (χ2v) is 8.81. The molecule has 0 amide bonds. The van der Waals surface area contributed by atoms with E-state index in [1.54, 1.807) is 6.07 Å². The van der Waals surface area contributed by atoms with E-state index < -0.39 is 0 Å². The van der Waals surface area contributed by atoms with Crippen molar-refractivity contribution in [1.82, 2.24) is 0 Å². The fourth-order valence-electron chi connectivity index (χ4n) is 4.76. The van der Waals surface area contributed by atoms with Crippen LogP contribution in [0.3, 0.4) is 0 Å². The normalized spacial score (nSPS) is 19.7. The quantitative estimate of drug-likeness (QED) is 0.418. The van der Waals surface area contributed by atoms with Crippen molar-refractivity contribution in [1.29, 1.82) is 0 Å². The van der Waals surface area contributed by atoms with Gasteiger partial charge in [0, 0.05) is 0 Å². The van der Waals surface area contributed by atoms with E-state index in [2.05, 4.69) is 44.2 Å². The van der Waals surface area contributed by atoms with E-state index in [1.165, 1.54) is 61.6 Å². The van der Waals surface area contributed by atoms with Crippen LogP contribution >= 0.6 is 0 Å². The molecule has 2 aromatic rings. The first-order chi connectivity index (χ1) is 13.7. The Labute approximate surface area is 171 Å². The van der Waals surface area contributed by atoms with Crippen LogP contribution in [0.25, 0.3) is 0 Å². The van der Waals surface area contributed by atoms with Gasteiger partial charge in [-0.15, -0.1) is 0 Å². The van der Waals surface area contributed by atoms with Crippen molar-refractivity contribution >= 4 is 0 Å². The van der Waals surface area contributed by atoms with Gasteiger partial charge in [-0.25, -0.2) is 4.39 Å². The molecule has 0 spiro atoms. The largest absolute Gasteiger partial charge is 0.207 e. The molecule has 1 aliphatic rings. The summed E-state index contributed by atoms with van der Waals surface area (Å²) in [5, 5.41) is 0. The third-order valence-electron chi connectivity index (χ3n) is 6.74. The van der Waals surface area contributed by atoms with Gasteiger partial charge in [0.05, 0.1) is 0 Å². The molecule has 1 heteroatoms. The summed E-state index contributed by atoms with van der Waals surface area (Å²) in [4.78, 5) is 0. The summed E-state index contributed by atoms with van der Waals surface area (Å²) >= 11 is 0. The van der Waals surface area contributed by atoms with Crippen molar-refractivity contribution in [3.05, 3.63) is 70.5 Å². The number of benzene rings is 2. The topological polar surface area (TPSA) is 0 Å². The van der Waals surface area contributed by atoms with Crippen molar-refractivity contribution < 1.29 is 4.39 Å². The van der Waals surface area contributed by atoms with Gasteiger partial charge in [0.15, 0.2) is 0 Å². The Morgan fingerprint density at radius 3 is 1.93 bits per heavy atom. The lowest BCUT2D eigenvalue weighted by atomic mass is 9.78. The molecule has 2 aromatic carbocycles. The Morgan fingerprint density at radius 1 is 0.714 bits per heavy atom. The Morgan fingerprint density at radius 2 is 1.32 bits per heavy atom. The van der Waals surface area contributed by atoms with E-state index in [4.69, 9.17) is 0 Å². The Kier molecular flexibility index (Phi) is 8.13. The second-order valence-electron chi connectivity index (χ2n) is 8.81. The number of rotatable bonds is 9. The van der Waals surface area contributed by atoms with Gasteiger partial charge in [0.2, 0.25) is 0 Å². The molecule has 0 nitrogen and oxygen atoms in total. The molecule has 0 aromatic heterocycles. The minimum atomic E-state index is -0.0191. The molecule has 0 radical (unpaired) electrons. The predicted octanol–water partition coefficient (Wildman–Crippen LogP) is 7.71. The zero-order chi connectivity index (χ0) is 19.8. The van der Waals surface area contributed by atoms with E-state index in [0.717, 1.165) is 43.1 Å². The van der Waals surface area contributed by atoms with E-state index in [9.17, 15) is 4.39 Å². The third kappa shape index (κ3) is 6.19. The van der Waals surface area contributed by atoms with Crippen molar-refractivity contribution in [2.45, 2.75) is 84.5 Å². The zero-order valence-corrected chi connectivity index (χ0v) is 17.9. The Balaban J connectivity index is 1.45. The molecule has 0 unspecified atom stereocenters. The fraction of sp³-hybridized carbons (Fsp3) is 0.556. The maximum absolute atomic E-state index is 14.6. The first-order valence-electron chi connectivity index (χ1n) is 11.5. The van der Waals surface area contributed by atoms with Crippen LogP contribution in [0.4, 0.5) is 4.39 Å². The number of hydrogen-bond donors (Lipinski definition) is 0. The molecule has 0 aliphatic heterocycles. The molecular weight excluding hydrogens is 343 g/mol. The lowest BCUT2D eigenvalue weighted by Crippen LogP contribution is -2.15. The van der Waals surface area contributed by atoms with Crippen molar-refractivity contribution in [3.63, 3.8) is 0 Å². The molecule has 1 fully saturated rings. The lowest BCUT2D eigenvalue weighted by Gasteiger charge is -2.28. The fourth-order valence-corrected chi connectivity index (χ4v) is 4.76. The Hall–Kier alpha value is -1.63. The van der Waals surface area contributed by atoms with E-state index in [0.29, 0.717) is 0 Å². The second kappa shape index (κ2) is 10.8. The average Bonchev–Trinajstić information content (AvgIpc) is 2.73. The molecule has 28 heavy (non-hydrogen) atoms. The summed E-state index contributed by atoms with van der Waals surface area (Å²) in [6.07, 6.45) is 13.3. The molecule has 1 saturated carbocycles. The monoisotopic (exact) mass is 380 g/mol. The van der Waals surface area contributed by atoms with Crippen LogP contribution in [-0.4, -0.2) is 0 Å². The van der Waals surface area contributed by atoms with Crippen molar-refractivity contribution in [3.8, 4) is 0 Å². The van der Waals surface area contributed by atoms with Crippen LogP contribution in [-0.2, 0) is 25.7 Å². The average molecular weight is 381 g/mol. The van der Waals surface area contributed by atoms with Crippen LogP contribution < -0.4 is 0 Å². The maximum atomic E-state index is 14.6. The van der Waals surface area contributed by atoms with E-state index >= 15 is 0 Å². The van der Waals surface area contributed by atoms with Crippen LogP contribution in [0.2, 0.25) is 0 Å². The molecule has 1 aliphatic carbocycles. The number of hydrogen-bond acceptors (Lipinski definition) is 0. The highest BCUT2D eigenvalue weighted by molar-refractivity contribution is 5.27. The highest BCUT2D eigenvalue weighted by atomic mass is 19.1. The van der Waals surface area contributed by atoms with Crippen molar-refractivity contribution in [2.75, 3.05) is 0 Å². The Bertz CT molecular complexity index is 708. The summed E-state index contributed by atoms with van der Waals surface area (Å²) in [6.45, 7) is 4.47. The maximum Gasteiger partial charge on any atom is 0.126 e. The summed E-state index contributed by atoms with van der Waals surface area (Å²) in [6, 6.07) is 14.7. The summed E-state index contributed by atoms with van der Waals surface area (Å²) < 4.78 is 14.6. The summed E-state index contributed by atoms with van der Waals surface area (Å²) in [5.41, 5.74) is 4.67. The first-order valence-corrected chi connectivity index (χ1v) is 11.5. The summed E-state index contributed by atoms with van der Waals surface area (Å²) in [5.74, 6) is 1.80. The lowest BCUT2D eigenvalue weighted by molar-refractivity contribution is 0.252. The van der Waals surface area contributed by atoms with Crippen LogP contribution in [0.15, 0.2) is 42.5 Å². The SMILES string of the molecule is CCCC1CCC(CCc2ccc(CCc3ccc(CC)cc3)c(F)c2)CC1. The third-order valence-corrected chi connectivity index (χ3v) is 6.74. The number of halogens is 1. The molecule has 0 saturated heterocycles. The number of aryl methyl sites for hydroxylation is 4. The van der Waals surface area contributed by atoms with E-state index in [-0.39, 0.29) is 5.82 Å². The minimum absolute atomic E-state index is 0.0191. The van der Waals surface area contributed by atoms with Gasteiger partial charge in [-0.1, -0.05) is 88.8 Å². The molecular formula is C27H37F. The van der Waals surface area contributed by atoms with Crippen LogP contribution in [0.5, 0.6) is 0 Å². The molecule has 0 heterocycles. The molecule has 0 N–H and O–H groups in total. The standard InChI is InChI=1S/C27H37F/c1-3-5-22-10-12-23(13-11-22)14-15-25-17-19-26(27(28)20-25)18-16-24-8-6-21(4-2)7-9-24/h6-9,17,19-20,22-23H,3-5,10-16,18H2,1-2H3.